The van der Waals surface area contributed by atoms with Crippen LogP contribution in [0.5, 0.6) is 11.5 Å². The molecule has 0 aliphatic heterocycles. The molecule has 8 heteroatoms. The van der Waals surface area contributed by atoms with Crippen LogP contribution in [0.3, 0.4) is 0 Å². The van der Waals surface area contributed by atoms with Crippen LogP contribution in [-0.4, -0.2) is 20.5 Å². The second-order valence-electron chi connectivity index (χ2n) is 4.86. The van der Waals surface area contributed by atoms with E-state index in [0.29, 0.717) is 13.2 Å². The van der Waals surface area contributed by atoms with Gasteiger partial charge in [0.05, 0.1) is 18.1 Å². The second-order valence-corrected chi connectivity index (χ2v) is 5.97. The number of benzene rings is 2. The van der Waals surface area contributed by atoms with Crippen LogP contribution in [-0.2, 0) is 0 Å². The lowest BCUT2D eigenvalue weighted by molar-refractivity contribution is 0.282. The van der Waals surface area contributed by atoms with Crippen molar-refractivity contribution in [3.63, 3.8) is 0 Å². The summed E-state index contributed by atoms with van der Waals surface area (Å²) >= 11 is 1.70. The molecule has 0 radical (unpaired) electrons. The first kappa shape index (κ1) is 21.2. The maximum Gasteiger partial charge on any atom is 0.673 e. The van der Waals surface area contributed by atoms with Gasteiger partial charge in [0.1, 0.15) is 0 Å². The van der Waals surface area contributed by atoms with Crippen molar-refractivity contribution in [3.05, 3.63) is 48.0 Å². The number of halogens is 4. The van der Waals surface area contributed by atoms with Crippen LogP contribution >= 0.6 is 11.8 Å². The molecule has 2 nitrogen and oxygen atoms in total. The summed E-state index contributed by atoms with van der Waals surface area (Å²) in [5.41, 5.74) is 1.27. The molecule has 0 aliphatic carbocycles. The molecule has 25 heavy (non-hydrogen) atoms. The SMILES string of the molecule is CCOc1cccc(Sc2ccc(C)cc2)c1OCC.F[B-](F)(F)F. The van der Waals surface area contributed by atoms with Crippen molar-refractivity contribution in [2.24, 2.45) is 0 Å². The zero-order valence-corrected chi connectivity index (χ0v) is 15.1. The van der Waals surface area contributed by atoms with Crippen molar-refractivity contribution in [3.8, 4) is 11.5 Å². The van der Waals surface area contributed by atoms with Gasteiger partial charge in [-0.15, -0.1) is 0 Å². The minimum absolute atomic E-state index is 0.631. The fourth-order valence-corrected chi connectivity index (χ4v) is 2.79. The van der Waals surface area contributed by atoms with Crippen LogP contribution in [0.4, 0.5) is 17.3 Å². The monoisotopic (exact) mass is 375 g/mol. The van der Waals surface area contributed by atoms with E-state index in [1.54, 1.807) is 11.8 Å². The Balaban J connectivity index is 0.000000550. The predicted octanol–water partition coefficient (Wildman–Crippen LogP) is 6.24. The Morgan fingerprint density at radius 3 is 1.96 bits per heavy atom. The highest BCUT2D eigenvalue weighted by molar-refractivity contribution is 7.99. The Labute approximate surface area is 149 Å². The summed E-state index contributed by atoms with van der Waals surface area (Å²) in [6, 6.07) is 14.5. The number of hydrogen-bond acceptors (Lipinski definition) is 3. The highest BCUT2D eigenvalue weighted by Gasteiger charge is 2.20. The summed E-state index contributed by atoms with van der Waals surface area (Å²) in [5.74, 6) is 1.65. The van der Waals surface area contributed by atoms with E-state index < -0.39 is 7.25 Å². The van der Waals surface area contributed by atoms with Gasteiger partial charge in [-0.05, 0) is 45.0 Å². The summed E-state index contributed by atoms with van der Waals surface area (Å²) in [7, 11) is -6.00. The Kier molecular flexibility index (Phi) is 8.68. The summed E-state index contributed by atoms with van der Waals surface area (Å²) in [4.78, 5) is 2.28. The standard InChI is InChI=1S/C17H20O2S.BF4/c1-4-18-15-7-6-8-16(17(15)19-5-2)20-14-11-9-13(3)10-12-14;2-1(3,4)5/h6-12H,4-5H2,1-3H3;/q;-1. The maximum atomic E-state index is 9.75. The predicted molar refractivity (Wildman–Crippen MR) is 94.3 cm³/mol. The Bertz CT molecular complexity index is 642. The van der Waals surface area contributed by atoms with Gasteiger partial charge in [-0.25, -0.2) is 0 Å². The molecule has 0 saturated carbocycles. The summed E-state index contributed by atoms with van der Waals surface area (Å²) in [6.45, 7) is 7.33. The molecule has 0 unspecified atom stereocenters. The van der Waals surface area contributed by atoms with Crippen LogP contribution in [0.1, 0.15) is 19.4 Å². The van der Waals surface area contributed by atoms with Gasteiger partial charge in [-0.2, -0.15) is 0 Å². The van der Waals surface area contributed by atoms with Gasteiger partial charge in [0, 0.05) is 4.90 Å². The molecule has 0 N–H and O–H groups in total. The number of para-hydroxylation sites is 1. The molecule has 0 amide bonds. The average molecular weight is 375 g/mol. The third kappa shape index (κ3) is 8.72. The van der Waals surface area contributed by atoms with Crippen molar-refractivity contribution >= 4 is 19.0 Å². The number of aryl methyl sites for hydroxylation is 1. The van der Waals surface area contributed by atoms with Crippen molar-refractivity contribution < 1.29 is 26.7 Å². The summed E-state index contributed by atoms with van der Waals surface area (Å²) in [6.07, 6.45) is 0. The zero-order valence-electron chi connectivity index (χ0n) is 14.3. The molecule has 0 fully saturated rings. The van der Waals surface area contributed by atoms with E-state index in [4.69, 9.17) is 9.47 Å². The van der Waals surface area contributed by atoms with E-state index >= 15 is 0 Å². The fraction of sp³-hybridized carbons (Fsp3) is 0.294. The first-order valence-electron chi connectivity index (χ1n) is 7.75. The van der Waals surface area contributed by atoms with Crippen molar-refractivity contribution in [1.29, 1.82) is 0 Å². The smallest absolute Gasteiger partial charge is 0.490 e. The number of hydrogen-bond donors (Lipinski definition) is 0. The van der Waals surface area contributed by atoms with Gasteiger partial charge in [0.25, 0.3) is 0 Å². The molecule has 0 aliphatic rings. The van der Waals surface area contributed by atoms with Gasteiger partial charge in [-0.1, -0.05) is 35.5 Å². The molecule has 0 bridgehead atoms. The Morgan fingerprint density at radius 2 is 1.44 bits per heavy atom. The number of ether oxygens (including phenoxy) is 2. The van der Waals surface area contributed by atoms with Crippen LogP contribution in [0.25, 0.3) is 0 Å². The Morgan fingerprint density at radius 1 is 0.880 bits per heavy atom. The van der Waals surface area contributed by atoms with E-state index in [-0.39, 0.29) is 0 Å². The first-order valence-corrected chi connectivity index (χ1v) is 8.56. The maximum absolute atomic E-state index is 9.75. The highest BCUT2D eigenvalue weighted by Crippen LogP contribution is 2.41. The molecule has 2 aromatic rings. The molecule has 0 spiro atoms. The lowest BCUT2D eigenvalue weighted by Crippen LogP contribution is -2.02. The van der Waals surface area contributed by atoms with Crippen LogP contribution < -0.4 is 9.47 Å². The molecule has 0 heterocycles. The lowest BCUT2D eigenvalue weighted by Gasteiger charge is -2.14. The normalized spacial score (nSPS) is 10.7. The molecule has 0 atom stereocenters. The van der Waals surface area contributed by atoms with Gasteiger partial charge >= 0.3 is 7.25 Å². The minimum atomic E-state index is -6.00. The van der Waals surface area contributed by atoms with E-state index in [9.17, 15) is 17.3 Å². The van der Waals surface area contributed by atoms with E-state index in [1.165, 1.54) is 10.5 Å². The molecule has 2 aromatic carbocycles. The zero-order chi connectivity index (χ0) is 18.9. The quantitative estimate of drug-likeness (QED) is 0.440. The average Bonchev–Trinajstić information content (AvgIpc) is 2.51. The molecular weight excluding hydrogens is 355 g/mol. The fourth-order valence-electron chi connectivity index (χ4n) is 1.87. The van der Waals surface area contributed by atoms with Gasteiger partial charge < -0.3 is 26.7 Å². The van der Waals surface area contributed by atoms with Crippen LogP contribution in [0.15, 0.2) is 52.3 Å². The van der Waals surface area contributed by atoms with Gasteiger partial charge in [-0.3, -0.25) is 0 Å². The van der Waals surface area contributed by atoms with E-state index in [1.807, 2.05) is 26.0 Å². The van der Waals surface area contributed by atoms with Gasteiger partial charge in [0.15, 0.2) is 11.5 Å². The molecular formula is C17H20BF4O2S-. The van der Waals surface area contributed by atoms with Crippen LogP contribution in [0.2, 0.25) is 0 Å². The lowest BCUT2D eigenvalue weighted by atomic mass is 10.2. The number of rotatable bonds is 6. The third-order valence-electron chi connectivity index (χ3n) is 2.78. The van der Waals surface area contributed by atoms with E-state index in [0.717, 1.165) is 16.4 Å². The Hall–Kier alpha value is -1.83. The van der Waals surface area contributed by atoms with Crippen molar-refractivity contribution in [1.82, 2.24) is 0 Å². The van der Waals surface area contributed by atoms with Crippen molar-refractivity contribution in [2.75, 3.05) is 13.2 Å². The van der Waals surface area contributed by atoms with Gasteiger partial charge in [0.2, 0.25) is 0 Å². The summed E-state index contributed by atoms with van der Waals surface area (Å²) in [5, 5.41) is 0. The molecule has 0 aromatic heterocycles. The second kappa shape index (κ2) is 10.2. The topological polar surface area (TPSA) is 18.5 Å². The minimum Gasteiger partial charge on any atom is -0.490 e. The first-order chi connectivity index (χ1) is 11.7. The van der Waals surface area contributed by atoms with Crippen LogP contribution in [0, 0.1) is 6.92 Å². The molecule has 138 valence electrons. The third-order valence-corrected chi connectivity index (χ3v) is 3.83. The highest BCUT2D eigenvalue weighted by atomic mass is 32.2. The molecule has 2 rings (SSSR count). The largest absolute Gasteiger partial charge is 0.673 e. The summed E-state index contributed by atoms with van der Waals surface area (Å²) < 4.78 is 50.4. The molecule has 0 saturated heterocycles. The van der Waals surface area contributed by atoms with Crippen molar-refractivity contribution in [2.45, 2.75) is 30.6 Å². The van der Waals surface area contributed by atoms with E-state index in [2.05, 4.69) is 37.3 Å².